The second kappa shape index (κ2) is 43.6. The summed E-state index contributed by atoms with van der Waals surface area (Å²) in [5.74, 6) is -0.942. The lowest BCUT2D eigenvalue weighted by Gasteiger charge is -2.18. The lowest BCUT2D eigenvalue weighted by atomic mass is 10.1. The average molecular weight is 767 g/mol. The van der Waals surface area contributed by atoms with Crippen LogP contribution in [0.15, 0.2) is 72.9 Å². The van der Waals surface area contributed by atoms with Crippen LogP contribution in [0.3, 0.4) is 0 Å². The first-order valence-electron chi connectivity index (χ1n) is 22.5. The molecule has 0 fully saturated rings. The average Bonchev–Trinajstić information content (AvgIpc) is 3.18. The summed E-state index contributed by atoms with van der Waals surface area (Å²) < 4.78 is 16.7. The summed E-state index contributed by atoms with van der Waals surface area (Å²) in [6.07, 6.45) is 53.1. The largest absolute Gasteiger partial charge is 0.462 e. The molecule has 0 bridgehead atoms. The second-order valence-corrected chi connectivity index (χ2v) is 14.7. The van der Waals surface area contributed by atoms with Crippen molar-refractivity contribution in [3.05, 3.63) is 72.9 Å². The highest BCUT2D eigenvalue weighted by Crippen LogP contribution is 2.13. The predicted octanol–water partition coefficient (Wildman–Crippen LogP) is 14.3. The van der Waals surface area contributed by atoms with Crippen molar-refractivity contribution < 1.29 is 28.6 Å². The van der Waals surface area contributed by atoms with Gasteiger partial charge in [-0.1, -0.05) is 177 Å². The third kappa shape index (κ3) is 41.8. The summed E-state index contributed by atoms with van der Waals surface area (Å²) in [4.78, 5) is 37.7. The Labute approximate surface area is 338 Å². The Balaban J connectivity index is 4.44. The van der Waals surface area contributed by atoms with Gasteiger partial charge in [-0.05, 0) is 77.0 Å². The monoisotopic (exact) mass is 767 g/mol. The van der Waals surface area contributed by atoms with E-state index in [-0.39, 0.29) is 31.1 Å². The fraction of sp³-hybridized carbons (Fsp3) is 0.694. The highest BCUT2D eigenvalue weighted by atomic mass is 16.6. The molecule has 0 aliphatic carbocycles. The van der Waals surface area contributed by atoms with Gasteiger partial charge in [-0.2, -0.15) is 0 Å². The van der Waals surface area contributed by atoms with Crippen LogP contribution in [0.2, 0.25) is 0 Å². The number of rotatable bonds is 39. The van der Waals surface area contributed by atoms with Crippen molar-refractivity contribution >= 4 is 17.9 Å². The van der Waals surface area contributed by atoms with E-state index in [1.165, 1.54) is 57.8 Å². The minimum absolute atomic E-state index is 0.0920. The minimum atomic E-state index is -0.790. The molecule has 6 heteroatoms. The summed E-state index contributed by atoms with van der Waals surface area (Å²) in [6, 6.07) is 0. The highest BCUT2D eigenvalue weighted by Gasteiger charge is 2.19. The molecule has 0 heterocycles. The molecule has 0 aromatic heterocycles. The maximum atomic E-state index is 12.7. The molecular formula is C49H82O6. The van der Waals surface area contributed by atoms with Gasteiger partial charge < -0.3 is 14.2 Å². The van der Waals surface area contributed by atoms with Gasteiger partial charge in [0, 0.05) is 19.3 Å². The van der Waals surface area contributed by atoms with E-state index >= 15 is 0 Å². The third-order valence-corrected chi connectivity index (χ3v) is 9.26. The fourth-order valence-corrected chi connectivity index (χ4v) is 5.82. The molecule has 55 heavy (non-hydrogen) atoms. The summed E-state index contributed by atoms with van der Waals surface area (Å²) in [5, 5.41) is 0. The molecule has 0 N–H and O–H groups in total. The first-order chi connectivity index (χ1) is 27.0. The van der Waals surface area contributed by atoms with Crippen LogP contribution in [0, 0.1) is 0 Å². The SMILES string of the molecule is CC\C=C/C=C\C=C/C=C\CCCCCCCC(=O)OCC(COC(=O)CCCCCCC/C=C\CCCC)OC(=O)CCCCCCC/C=C\CCCC. The van der Waals surface area contributed by atoms with Gasteiger partial charge in [-0.15, -0.1) is 0 Å². The van der Waals surface area contributed by atoms with Crippen LogP contribution in [0.1, 0.15) is 201 Å². The molecule has 0 aromatic rings. The van der Waals surface area contributed by atoms with Crippen molar-refractivity contribution in [3.63, 3.8) is 0 Å². The number of hydrogen-bond donors (Lipinski definition) is 0. The van der Waals surface area contributed by atoms with E-state index in [2.05, 4.69) is 69.4 Å². The second-order valence-electron chi connectivity index (χ2n) is 14.7. The quantitative estimate of drug-likeness (QED) is 0.0204. The Morgan fingerprint density at radius 2 is 0.727 bits per heavy atom. The van der Waals surface area contributed by atoms with E-state index < -0.39 is 6.10 Å². The smallest absolute Gasteiger partial charge is 0.306 e. The number of carbonyl (C=O) groups excluding carboxylic acids is 3. The maximum Gasteiger partial charge on any atom is 0.306 e. The maximum absolute atomic E-state index is 12.7. The highest BCUT2D eigenvalue weighted by molar-refractivity contribution is 5.71. The van der Waals surface area contributed by atoms with E-state index in [0.717, 1.165) is 103 Å². The van der Waals surface area contributed by atoms with Crippen LogP contribution in [0.25, 0.3) is 0 Å². The molecular weight excluding hydrogens is 685 g/mol. The van der Waals surface area contributed by atoms with Gasteiger partial charge in [0.15, 0.2) is 6.10 Å². The number of ether oxygens (including phenoxy) is 3. The van der Waals surface area contributed by atoms with Gasteiger partial charge in [0.25, 0.3) is 0 Å². The Morgan fingerprint density at radius 1 is 0.382 bits per heavy atom. The zero-order chi connectivity index (χ0) is 40.1. The zero-order valence-corrected chi connectivity index (χ0v) is 35.7. The standard InChI is InChI=1S/C49H82O6/c1-4-7-10-13-16-19-22-23-24-25-28-30-33-36-39-42-48(51)54-45-46(55-49(52)43-40-37-34-31-27-21-18-15-12-9-6-3)44-53-47(50)41-38-35-32-29-26-20-17-14-11-8-5-2/h7,10,13-19,22-24,46H,4-6,8-9,11-12,20-21,25-45H2,1-3H3/b10-7-,16-13-,17-14-,18-15-,22-19-,24-23-. The Morgan fingerprint density at radius 3 is 1.16 bits per heavy atom. The Hall–Kier alpha value is -3.15. The van der Waals surface area contributed by atoms with Crippen molar-refractivity contribution in [2.45, 2.75) is 207 Å². The van der Waals surface area contributed by atoms with E-state index in [4.69, 9.17) is 14.2 Å². The first kappa shape index (κ1) is 51.9. The molecule has 0 spiro atoms. The van der Waals surface area contributed by atoms with Crippen LogP contribution in [-0.2, 0) is 28.6 Å². The number of allylic oxidation sites excluding steroid dienone is 12. The van der Waals surface area contributed by atoms with Crippen molar-refractivity contribution in [3.8, 4) is 0 Å². The van der Waals surface area contributed by atoms with Gasteiger partial charge in [-0.25, -0.2) is 0 Å². The van der Waals surface area contributed by atoms with Crippen molar-refractivity contribution in [2.24, 2.45) is 0 Å². The van der Waals surface area contributed by atoms with Gasteiger partial charge in [0.05, 0.1) is 0 Å². The number of unbranched alkanes of at least 4 members (excludes halogenated alkanes) is 19. The topological polar surface area (TPSA) is 78.9 Å². The molecule has 0 rings (SSSR count). The molecule has 0 radical (unpaired) electrons. The lowest BCUT2D eigenvalue weighted by molar-refractivity contribution is -0.167. The molecule has 314 valence electrons. The summed E-state index contributed by atoms with van der Waals surface area (Å²) in [6.45, 7) is 6.36. The molecule has 0 saturated carbocycles. The third-order valence-electron chi connectivity index (χ3n) is 9.26. The van der Waals surface area contributed by atoms with E-state index in [1.54, 1.807) is 0 Å². The van der Waals surface area contributed by atoms with Crippen molar-refractivity contribution in [1.82, 2.24) is 0 Å². The molecule has 6 nitrogen and oxygen atoms in total. The fourth-order valence-electron chi connectivity index (χ4n) is 5.82. The summed E-state index contributed by atoms with van der Waals surface area (Å²) >= 11 is 0. The number of carbonyl (C=O) groups is 3. The number of esters is 3. The van der Waals surface area contributed by atoms with Crippen LogP contribution in [0.5, 0.6) is 0 Å². The van der Waals surface area contributed by atoms with Gasteiger partial charge in [-0.3, -0.25) is 14.4 Å². The normalized spacial score (nSPS) is 12.7. The van der Waals surface area contributed by atoms with Crippen LogP contribution < -0.4 is 0 Å². The van der Waals surface area contributed by atoms with Crippen molar-refractivity contribution in [1.29, 1.82) is 0 Å². The van der Waals surface area contributed by atoms with E-state index in [0.29, 0.717) is 19.3 Å². The van der Waals surface area contributed by atoms with Crippen LogP contribution in [-0.4, -0.2) is 37.2 Å². The molecule has 0 aliphatic rings. The number of hydrogen-bond acceptors (Lipinski definition) is 6. The first-order valence-corrected chi connectivity index (χ1v) is 22.5. The van der Waals surface area contributed by atoms with Gasteiger partial charge >= 0.3 is 17.9 Å². The van der Waals surface area contributed by atoms with Gasteiger partial charge in [0.1, 0.15) is 13.2 Å². The predicted molar refractivity (Wildman–Crippen MR) is 233 cm³/mol. The molecule has 1 atom stereocenters. The van der Waals surface area contributed by atoms with E-state index in [1.807, 2.05) is 24.3 Å². The van der Waals surface area contributed by atoms with Crippen LogP contribution >= 0.6 is 0 Å². The summed E-state index contributed by atoms with van der Waals surface area (Å²) in [5.41, 5.74) is 0. The van der Waals surface area contributed by atoms with Crippen molar-refractivity contribution in [2.75, 3.05) is 13.2 Å². The minimum Gasteiger partial charge on any atom is -0.462 e. The molecule has 0 saturated heterocycles. The molecule has 0 aromatic carbocycles. The molecule has 1 unspecified atom stereocenters. The molecule has 0 aliphatic heterocycles. The zero-order valence-electron chi connectivity index (χ0n) is 35.7. The van der Waals surface area contributed by atoms with E-state index in [9.17, 15) is 14.4 Å². The Bertz CT molecular complexity index is 1070. The lowest BCUT2D eigenvalue weighted by Crippen LogP contribution is -2.30. The van der Waals surface area contributed by atoms with Gasteiger partial charge in [0.2, 0.25) is 0 Å². The van der Waals surface area contributed by atoms with Crippen LogP contribution in [0.4, 0.5) is 0 Å². The Kier molecular flexibility index (Phi) is 41.1. The summed E-state index contributed by atoms with van der Waals surface area (Å²) in [7, 11) is 0. The molecule has 0 amide bonds.